The van der Waals surface area contributed by atoms with Gasteiger partial charge in [0.15, 0.2) is 0 Å². The van der Waals surface area contributed by atoms with Crippen molar-refractivity contribution in [2.45, 2.75) is 31.7 Å². The van der Waals surface area contributed by atoms with Crippen LogP contribution in [0.5, 0.6) is 0 Å². The molecule has 1 amide bonds. The van der Waals surface area contributed by atoms with Gasteiger partial charge in [-0.05, 0) is 43.7 Å². The molecule has 0 aromatic carbocycles. The molecular weight excluding hydrogens is 256 g/mol. The van der Waals surface area contributed by atoms with Crippen LogP contribution in [0.4, 0.5) is 0 Å². The Morgan fingerprint density at radius 1 is 1.53 bits per heavy atom. The lowest BCUT2D eigenvalue weighted by atomic mass is 9.98. The minimum absolute atomic E-state index is 0. The van der Waals surface area contributed by atoms with E-state index in [2.05, 4.69) is 0 Å². The Balaban J connectivity index is 0.00000144. The minimum Gasteiger partial charge on any atom is -0.336 e. The molecule has 1 atom stereocenters. The number of nitrogens with two attached hydrogens (primary N) is 1. The van der Waals surface area contributed by atoms with Crippen LogP contribution < -0.4 is 5.73 Å². The maximum Gasteiger partial charge on any atom is 0.254 e. The lowest BCUT2D eigenvalue weighted by molar-refractivity contribution is 0.0605. The van der Waals surface area contributed by atoms with Crippen LogP contribution in [0.3, 0.4) is 0 Å². The molecule has 1 unspecified atom stereocenters. The predicted molar refractivity (Wildman–Crippen MR) is 73.9 cm³/mol. The zero-order chi connectivity index (χ0) is 11.4. The number of carbonyl (C=O) groups is 1. The quantitative estimate of drug-likeness (QED) is 0.921. The molecule has 0 spiro atoms. The van der Waals surface area contributed by atoms with E-state index in [4.69, 9.17) is 5.73 Å². The molecule has 1 aromatic rings. The maximum absolute atomic E-state index is 12.2. The van der Waals surface area contributed by atoms with Gasteiger partial charge in [-0.3, -0.25) is 4.79 Å². The Hall–Kier alpha value is -0.580. The predicted octanol–water partition coefficient (Wildman–Crippen LogP) is 2.51. The van der Waals surface area contributed by atoms with Gasteiger partial charge in [0, 0.05) is 18.0 Å². The molecule has 2 rings (SSSR count). The number of rotatable bonds is 3. The first-order valence-electron chi connectivity index (χ1n) is 5.86. The van der Waals surface area contributed by atoms with Gasteiger partial charge in [0.2, 0.25) is 0 Å². The largest absolute Gasteiger partial charge is 0.336 e. The highest BCUT2D eigenvalue weighted by atomic mass is 35.5. The van der Waals surface area contributed by atoms with E-state index < -0.39 is 0 Å². The molecule has 0 saturated carbocycles. The van der Waals surface area contributed by atoms with E-state index in [1.807, 2.05) is 21.7 Å². The molecular formula is C12H19ClN2OS. The number of likely N-dealkylation sites (tertiary alicyclic amines) is 1. The number of hydrogen-bond acceptors (Lipinski definition) is 3. The monoisotopic (exact) mass is 274 g/mol. The lowest BCUT2D eigenvalue weighted by Gasteiger charge is -2.35. The Kier molecular flexibility index (Phi) is 5.95. The summed E-state index contributed by atoms with van der Waals surface area (Å²) in [6, 6.07) is 2.26. The Labute approximate surface area is 112 Å². The van der Waals surface area contributed by atoms with Crippen molar-refractivity contribution in [1.82, 2.24) is 4.90 Å². The molecule has 0 aliphatic carbocycles. The van der Waals surface area contributed by atoms with Crippen LogP contribution in [-0.2, 0) is 0 Å². The fourth-order valence-electron chi connectivity index (χ4n) is 2.31. The van der Waals surface area contributed by atoms with Gasteiger partial charge in [0.1, 0.15) is 0 Å². The van der Waals surface area contributed by atoms with E-state index >= 15 is 0 Å². The van der Waals surface area contributed by atoms with Crippen molar-refractivity contribution in [2.24, 2.45) is 5.73 Å². The van der Waals surface area contributed by atoms with Gasteiger partial charge in [-0.25, -0.2) is 0 Å². The van der Waals surface area contributed by atoms with Crippen LogP contribution in [0, 0.1) is 0 Å². The highest BCUT2D eigenvalue weighted by Crippen LogP contribution is 2.22. The molecule has 2 heterocycles. The zero-order valence-corrected chi connectivity index (χ0v) is 11.4. The fraction of sp³-hybridized carbons (Fsp3) is 0.583. The van der Waals surface area contributed by atoms with E-state index in [1.54, 1.807) is 11.3 Å². The maximum atomic E-state index is 12.2. The van der Waals surface area contributed by atoms with Crippen LogP contribution in [0.2, 0.25) is 0 Å². The summed E-state index contributed by atoms with van der Waals surface area (Å²) in [5.74, 6) is 0.180. The Morgan fingerprint density at radius 3 is 3.00 bits per heavy atom. The van der Waals surface area contributed by atoms with Crippen molar-refractivity contribution in [3.63, 3.8) is 0 Å². The van der Waals surface area contributed by atoms with Gasteiger partial charge in [-0.1, -0.05) is 0 Å². The van der Waals surface area contributed by atoms with Gasteiger partial charge in [0.25, 0.3) is 5.91 Å². The van der Waals surface area contributed by atoms with Crippen LogP contribution >= 0.6 is 23.7 Å². The standard InChI is InChI=1S/C12H18N2OS.ClH/c13-6-4-11-3-1-2-7-14(11)12(15)10-5-8-16-9-10;/h5,8-9,11H,1-4,6-7,13H2;1H. The first-order valence-corrected chi connectivity index (χ1v) is 6.80. The smallest absolute Gasteiger partial charge is 0.254 e. The number of amides is 1. The third-order valence-corrected chi connectivity index (χ3v) is 3.84. The number of piperidine rings is 1. The van der Waals surface area contributed by atoms with Gasteiger partial charge < -0.3 is 10.6 Å². The van der Waals surface area contributed by atoms with Crippen LogP contribution in [-0.4, -0.2) is 29.9 Å². The Bertz CT molecular complexity index is 340. The average Bonchev–Trinajstić information content (AvgIpc) is 2.83. The number of hydrogen-bond donors (Lipinski definition) is 1. The van der Waals surface area contributed by atoms with E-state index in [-0.39, 0.29) is 18.3 Å². The molecule has 96 valence electrons. The van der Waals surface area contributed by atoms with E-state index in [9.17, 15) is 4.79 Å². The molecule has 1 fully saturated rings. The molecule has 2 N–H and O–H groups in total. The molecule has 1 aliphatic rings. The summed E-state index contributed by atoms with van der Waals surface area (Å²) in [7, 11) is 0. The van der Waals surface area contributed by atoms with Crippen molar-refractivity contribution < 1.29 is 4.79 Å². The van der Waals surface area contributed by atoms with Crippen molar-refractivity contribution in [3.05, 3.63) is 22.4 Å². The number of carbonyl (C=O) groups excluding carboxylic acids is 1. The summed E-state index contributed by atoms with van der Waals surface area (Å²) in [5, 5.41) is 3.88. The second-order valence-electron chi connectivity index (χ2n) is 4.24. The molecule has 3 nitrogen and oxygen atoms in total. The average molecular weight is 275 g/mol. The summed E-state index contributed by atoms with van der Waals surface area (Å²) >= 11 is 1.57. The summed E-state index contributed by atoms with van der Waals surface area (Å²) in [5.41, 5.74) is 6.43. The topological polar surface area (TPSA) is 46.3 Å². The third-order valence-electron chi connectivity index (χ3n) is 3.16. The highest BCUT2D eigenvalue weighted by molar-refractivity contribution is 7.08. The summed E-state index contributed by atoms with van der Waals surface area (Å²) in [6.45, 7) is 1.55. The van der Waals surface area contributed by atoms with Gasteiger partial charge in [-0.15, -0.1) is 12.4 Å². The lowest BCUT2D eigenvalue weighted by Crippen LogP contribution is -2.44. The van der Waals surface area contributed by atoms with E-state index in [0.29, 0.717) is 12.6 Å². The number of halogens is 1. The molecule has 0 bridgehead atoms. The number of thiophene rings is 1. The first-order chi connectivity index (χ1) is 7.83. The van der Waals surface area contributed by atoms with Crippen LogP contribution in [0.1, 0.15) is 36.0 Å². The van der Waals surface area contributed by atoms with E-state index in [0.717, 1.165) is 31.4 Å². The van der Waals surface area contributed by atoms with Gasteiger partial charge in [-0.2, -0.15) is 11.3 Å². The summed E-state index contributed by atoms with van der Waals surface area (Å²) in [4.78, 5) is 14.3. The molecule has 5 heteroatoms. The minimum atomic E-state index is 0. The summed E-state index contributed by atoms with van der Waals surface area (Å²) in [6.07, 6.45) is 4.37. The second-order valence-corrected chi connectivity index (χ2v) is 5.02. The molecule has 1 aliphatic heterocycles. The molecule has 17 heavy (non-hydrogen) atoms. The first kappa shape index (κ1) is 14.5. The molecule has 1 saturated heterocycles. The second kappa shape index (κ2) is 6.99. The van der Waals surface area contributed by atoms with Crippen molar-refractivity contribution in [2.75, 3.05) is 13.1 Å². The van der Waals surface area contributed by atoms with Crippen molar-refractivity contribution >= 4 is 29.7 Å². The van der Waals surface area contributed by atoms with Gasteiger partial charge >= 0.3 is 0 Å². The van der Waals surface area contributed by atoms with Crippen LogP contribution in [0.25, 0.3) is 0 Å². The highest BCUT2D eigenvalue weighted by Gasteiger charge is 2.26. The SMILES string of the molecule is Cl.NCCC1CCCCN1C(=O)c1ccsc1. The third kappa shape index (κ3) is 3.44. The molecule has 0 radical (unpaired) electrons. The van der Waals surface area contributed by atoms with Gasteiger partial charge in [0.05, 0.1) is 5.56 Å². The summed E-state index contributed by atoms with van der Waals surface area (Å²) < 4.78 is 0. The van der Waals surface area contributed by atoms with Crippen molar-refractivity contribution in [1.29, 1.82) is 0 Å². The van der Waals surface area contributed by atoms with E-state index in [1.165, 1.54) is 6.42 Å². The van der Waals surface area contributed by atoms with Crippen LogP contribution in [0.15, 0.2) is 16.8 Å². The Morgan fingerprint density at radius 2 is 2.35 bits per heavy atom. The fourth-order valence-corrected chi connectivity index (χ4v) is 2.94. The molecule has 1 aromatic heterocycles. The number of nitrogens with zero attached hydrogens (tertiary/aromatic N) is 1. The zero-order valence-electron chi connectivity index (χ0n) is 9.80. The van der Waals surface area contributed by atoms with Crippen molar-refractivity contribution in [3.8, 4) is 0 Å². The normalized spacial score (nSPS) is 19.8.